The van der Waals surface area contributed by atoms with Crippen LogP contribution >= 0.6 is 0 Å². The number of hydrogen-bond acceptors (Lipinski definition) is 2. The Morgan fingerprint density at radius 2 is 1.90 bits per heavy atom. The Morgan fingerprint density at radius 1 is 1.15 bits per heavy atom. The van der Waals surface area contributed by atoms with E-state index in [1.807, 2.05) is 0 Å². The topological polar surface area (TPSA) is 43.8 Å². The molecule has 3 heteroatoms. The van der Waals surface area contributed by atoms with Gasteiger partial charge in [0, 0.05) is 18.5 Å². The number of rotatable bonds is 5. The first-order valence-corrected chi connectivity index (χ1v) is 7.51. The highest BCUT2D eigenvalue weighted by atomic mass is 15.1. The van der Waals surface area contributed by atoms with Crippen LogP contribution < -0.4 is 5.73 Å². The van der Waals surface area contributed by atoms with Crippen molar-refractivity contribution in [2.75, 3.05) is 5.73 Å². The molecule has 0 amide bonds. The fourth-order valence-electron chi connectivity index (χ4n) is 2.68. The average molecular weight is 271 g/mol. The molecule has 3 nitrogen and oxygen atoms in total. The number of hydrogen-bond donors (Lipinski definition) is 1. The molecule has 0 aliphatic carbocycles. The maximum atomic E-state index is 6.36. The number of aromatic nitrogens is 2. The summed E-state index contributed by atoms with van der Waals surface area (Å²) in [5.41, 5.74) is 11.0. The molecule has 1 heterocycles. The molecular weight excluding hydrogens is 246 g/mol. The highest BCUT2D eigenvalue weighted by molar-refractivity contribution is 5.74. The molecule has 0 atom stereocenters. The zero-order valence-electron chi connectivity index (χ0n) is 13.0. The molecule has 2 aromatic rings. The van der Waals surface area contributed by atoms with Gasteiger partial charge in [-0.2, -0.15) is 0 Å². The Labute approximate surface area is 121 Å². The van der Waals surface area contributed by atoms with Gasteiger partial charge in [0.1, 0.15) is 17.3 Å². The molecule has 0 radical (unpaired) electrons. The maximum absolute atomic E-state index is 6.36. The lowest BCUT2D eigenvalue weighted by Crippen LogP contribution is -2.06. The van der Waals surface area contributed by atoms with E-state index in [2.05, 4.69) is 50.5 Å². The van der Waals surface area contributed by atoms with Crippen LogP contribution in [-0.4, -0.2) is 9.55 Å². The highest BCUT2D eigenvalue weighted by Crippen LogP contribution is 2.30. The highest BCUT2D eigenvalue weighted by Gasteiger charge is 2.16. The molecule has 2 rings (SSSR count). The lowest BCUT2D eigenvalue weighted by atomic mass is 10.0. The van der Waals surface area contributed by atoms with E-state index in [0.29, 0.717) is 0 Å². The summed E-state index contributed by atoms with van der Waals surface area (Å²) in [6.07, 6.45) is 3.14. The average Bonchev–Trinajstić information content (AvgIpc) is 2.69. The number of anilines is 1. The molecule has 0 unspecified atom stereocenters. The van der Waals surface area contributed by atoms with Gasteiger partial charge in [-0.1, -0.05) is 37.6 Å². The Bertz CT molecular complexity index is 597. The molecule has 108 valence electrons. The Balaban J connectivity index is 2.53. The van der Waals surface area contributed by atoms with E-state index in [0.717, 1.165) is 48.7 Å². The molecule has 0 spiro atoms. The molecule has 1 aromatic heterocycles. The summed E-state index contributed by atoms with van der Waals surface area (Å²) in [5, 5.41) is 0. The summed E-state index contributed by atoms with van der Waals surface area (Å²) >= 11 is 0. The van der Waals surface area contributed by atoms with Crippen LogP contribution in [0, 0.1) is 13.8 Å². The van der Waals surface area contributed by atoms with Crippen LogP contribution in [0.4, 0.5) is 5.82 Å². The van der Waals surface area contributed by atoms with Gasteiger partial charge in [0.2, 0.25) is 0 Å². The zero-order chi connectivity index (χ0) is 14.7. The zero-order valence-corrected chi connectivity index (χ0v) is 13.0. The third kappa shape index (κ3) is 2.72. The van der Waals surface area contributed by atoms with Crippen LogP contribution in [-0.2, 0) is 13.0 Å². The first kappa shape index (κ1) is 14.6. The van der Waals surface area contributed by atoms with Gasteiger partial charge >= 0.3 is 0 Å². The second kappa shape index (κ2) is 6.12. The van der Waals surface area contributed by atoms with Crippen LogP contribution in [0.3, 0.4) is 0 Å². The Morgan fingerprint density at radius 3 is 2.50 bits per heavy atom. The quantitative estimate of drug-likeness (QED) is 0.889. The van der Waals surface area contributed by atoms with Crippen molar-refractivity contribution in [2.45, 2.75) is 53.5 Å². The van der Waals surface area contributed by atoms with Gasteiger partial charge in [0.05, 0.1) is 0 Å². The summed E-state index contributed by atoms with van der Waals surface area (Å²) in [6, 6.07) is 6.45. The van der Waals surface area contributed by atoms with Crippen molar-refractivity contribution in [1.29, 1.82) is 0 Å². The fraction of sp³-hybridized carbons (Fsp3) is 0.471. The summed E-state index contributed by atoms with van der Waals surface area (Å²) in [4.78, 5) is 4.82. The van der Waals surface area contributed by atoms with E-state index in [9.17, 15) is 0 Å². The number of nitrogen functional groups attached to an aromatic ring is 1. The van der Waals surface area contributed by atoms with Crippen LogP contribution in [0.15, 0.2) is 18.2 Å². The Hall–Kier alpha value is -1.77. The molecule has 0 saturated heterocycles. The van der Waals surface area contributed by atoms with Gasteiger partial charge in [-0.05, 0) is 32.3 Å². The minimum atomic E-state index is 0.808. The van der Waals surface area contributed by atoms with Crippen molar-refractivity contribution in [3.8, 4) is 11.3 Å². The molecule has 0 saturated carbocycles. The van der Waals surface area contributed by atoms with E-state index >= 15 is 0 Å². The monoisotopic (exact) mass is 271 g/mol. The number of aryl methyl sites for hydroxylation is 3. The predicted octanol–water partition coefficient (Wildman–Crippen LogP) is 4.11. The molecule has 0 aliphatic rings. The third-order valence-electron chi connectivity index (χ3n) is 3.64. The first-order valence-electron chi connectivity index (χ1n) is 7.51. The van der Waals surface area contributed by atoms with Crippen LogP contribution in [0.2, 0.25) is 0 Å². The molecule has 0 aliphatic heterocycles. The molecule has 1 aromatic carbocycles. The van der Waals surface area contributed by atoms with Crippen molar-refractivity contribution in [3.05, 3.63) is 35.2 Å². The van der Waals surface area contributed by atoms with Crippen molar-refractivity contribution < 1.29 is 0 Å². The number of nitrogens with two attached hydrogens (primary N) is 1. The van der Waals surface area contributed by atoms with E-state index in [-0.39, 0.29) is 0 Å². The SMILES string of the molecule is CCCc1nc(-c2ccc(C)cc2C)c(N)n1CCC. The van der Waals surface area contributed by atoms with E-state index in [1.54, 1.807) is 0 Å². The molecule has 0 fully saturated rings. The second-order valence-electron chi connectivity index (χ2n) is 5.48. The number of nitrogens with zero attached hydrogens (tertiary/aromatic N) is 2. The van der Waals surface area contributed by atoms with Crippen molar-refractivity contribution in [1.82, 2.24) is 9.55 Å². The van der Waals surface area contributed by atoms with Crippen molar-refractivity contribution >= 4 is 5.82 Å². The van der Waals surface area contributed by atoms with E-state index in [4.69, 9.17) is 10.7 Å². The molecule has 20 heavy (non-hydrogen) atoms. The first-order chi connectivity index (χ1) is 9.58. The van der Waals surface area contributed by atoms with Gasteiger partial charge in [-0.25, -0.2) is 4.98 Å². The standard InChI is InChI=1S/C17H25N3/c1-5-7-15-19-16(17(18)20(15)10-6-2)14-9-8-12(3)11-13(14)4/h8-9,11H,5-7,10,18H2,1-4H3. The van der Waals surface area contributed by atoms with Gasteiger partial charge in [-0.15, -0.1) is 0 Å². The maximum Gasteiger partial charge on any atom is 0.131 e. The molecular formula is C17H25N3. The Kier molecular flexibility index (Phi) is 4.48. The molecule has 0 bridgehead atoms. The lowest BCUT2D eigenvalue weighted by Gasteiger charge is -2.08. The van der Waals surface area contributed by atoms with Crippen LogP contribution in [0.5, 0.6) is 0 Å². The summed E-state index contributed by atoms with van der Waals surface area (Å²) in [7, 11) is 0. The van der Waals surface area contributed by atoms with Crippen molar-refractivity contribution in [3.63, 3.8) is 0 Å². The smallest absolute Gasteiger partial charge is 0.131 e. The van der Waals surface area contributed by atoms with Gasteiger partial charge in [0.15, 0.2) is 0 Å². The van der Waals surface area contributed by atoms with Crippen LogP contribution in [0.25, 0.3) is 11.3 Å². The summed E-state index contributed by atoms with van der Waals surface area (Å²) < 4.78 is 2.18. The fourth-order valence-corrected chi connectivity index (χ4v) is 2.68. The van der Waals surface area contributed by atoms with Crippen molar-refractivity contribution in [2.24, 2.45) is 0 Å². The van der Waals surface area contributed by atoms with Gasteiger partial charge < -0.3 is 10.3 Å². The summed E-state index contributed by atoms with van der Waals surface area (Å²) in [6.45, 7) is 9.53. The largest absolute Gasteiger partial charge is 0.383 e. The van der Waals surface area contributed by atoms with Crippen LogP contribution in [0.1, 0.15) is 43.6 Å². The third-order valence-corrected chi connectivity index (χ3v) is 3.64. The number of benzene rings is 1. The van der Waals surface area contributed by atoms with Gasteiger partial charge in [0.25, 0.3) is 0 Å². The molecule has 2 N–H and O–H groups in total. The minimum Gasteiger partial charge on any atom is -0.383 e. The second-order valence-corrected chi connectivity index (χ2v) is 5.48. The predicted molar refractivity (Wildman–Crippen MR) is 85.8 cm³/mol. The van der Waals surface area contributed by atoms with Gasteiger partial charge in [-0.3, -0.25) is 0 Å². The van der Waals surface area contributed by atoms with E-state index < -0.39 is 0 Å². The normalized spacial score (nSPS) is 11.0. The number of imidazole rings is 1. The summed E-state index contributed by atoms with van der Waals surface area (Å²) in [5.74, 6) is 1.92. The minimum absolute atomic E-state index is 0.808. The van der Waals surface area contributed by atoms with E-state index in [1.165, 1.54) is 11.1 Å². The lowest BCUT2D eigenvalue weighted by molar-refractivity contribution is 0.637.